The number of carbonyl (C=O) groups is 7. The number of phenolic OH excluding ortho intramolecular Hbond substituents is 2. The first-order chi connectivity index (χ1) is 67.2. The lowest BCUT2D eigenvalue weighted by molar-refractivity contribution is -0.183. The van der Waals surface area contributed by atoms with Gasteiger partial charge in [-0.2, -0.15) is 0 Å². The molecule has 0 saturated heterocycles. The molecule has 4 bridgehead atoms. The number of esters is 3. The van der Waals surface area contributed by atoms with E-state index in [1.54, 1.807) is 111 Å². The van der Waals surface area contributed by atoms with Crippen molar-refractivity contribution in [1.82, 2.24) is 0 Å². The SMILES string of the molecule is CCC(C)(CC(C)(CC(C)C(=O)OC1(C)CC2CC1C1CCCC21)C(=O)OC1(C)CC2CCC1C2)C(=O)OCCO.CCC(CC(C)c1ccc(O)cc1)c1ccc(OC(=O)OC(C)(C)C)cc1.CCC(CC(C)c1ccc(OC(=O)OC(C)(C)C)cc1)c1ccc(OC(=O)OC(C)(C)C)cc1.CCOC(C)Oc1ccc(C(C)CC(CC(CC)c2ccc(OC(=O)OC(C)(C)C)cc2)c2ccc(O)cc2)cc1. The largest absolute Gasteiger partial charge is 0.514 e. The number of carbonyl (C=O) groups excluding carboxylic acids is 7. The molecule has 19 atom stereocenters. The number of ether oxygens (including phenoxy) is 13. The molecule has 12 rings (SSSR count). The zero-order valence-corrected chi connectivity index (χ0v) is 90.4. The summed E-state index contributed by atoms with van der Waals surface area (Å²) >= 11 is 0. The van der Waals surface area contributed by atoms with Crippen molar-refractivity contribution < 1.29 is 110 Å². The van der Waals surface area contributed by atoms with E-state index in [0.717, 1.165) is 82.3 Å². The molecular weight excluding hydrogens is 1810 g/mol. The second-order valence-corrected chi connectivity index (χ2v) is 45.8. The maximum absolute atomic E-state index is 14.2. The third kappa shape index (κ3) is 35.3. The summed E-state index contributed by atoms with van der Waals surface area (Å²) in [5.74, 6) is 7.59. The molecule has 23 nitrogen and oxygen atoms in total. The van der Waals surface area contributed by atoms with Gasteiger partial charge in [-0.3, -0.25) is 14.4 Å². The number of aromatic hydroxyl groups is 2. The van der Waals surface area contributed by atoms with Crippen LogP contribution in [0.3, 0.4) is 0 Å². The molecule has 19 unspecified atom stereocenters. The van der Waals surface area contributed by atoms with Crippen LogP contribution in [-0.4, -0.2) is 118 Å². The van der Waals surface area contributed by atoms with Gasteiger partial charge in [0.05, 0.1) is 23.4 Å². The van der Waals surface area contributed by atoms with Crippen molar-refractivity contribution >= 4 is 42.5 Å². The first-order valence-corrected chi connectivity index (χ1v) is 52.4. The second kappa shape index (κ2) is 51.4. The molecule has 0 aromatic heterocycles. The van der Waals surface area contributed by atoms with E-state index in [4.69, 9.17) is 61.6 Å². The summed E-state index contributed by atoms with van der Waals surface area (Å²) in [5, 5.41) is 28.6. The van der Waals surface area contributed by atoms with Crippen LogP contribution in [0.4, 0.5) is 19.2 Å². The number of rotatable bonds is 38. The van der Waals surface area contributed by atoms with Crippen molar-refractivity contribution in [3.63, 3.8) is 0 Å². The Kier molecular flexibility index (Phi) is 41.7. The van der Waals surface area contributed by atoms with Gasteiger partial charge in [0.2, 0.25) is 0 Å². The monoisotopic (exact) mass is 1980 g/mol. The van der Waals surface area contributed by atoms with Crippen LogP contribution in [0.25, 0.3) is 0 Å². The average molecular weight is 1980 g/mol. The fourth-order valence-corrected chi connectivity index (χ4v) is 22.0. The molecular formula is C120H168O23. The second-order valence-electron chi connectivity index (χ2n) is 45.8. The first-order valence-electron chi connectivity index (χ1n) is 52.4. The van der Waals surface area contributed by atoms with Gasteiger partial charge >= 0.3 is 42.5 Å². The minimum atomic E-state index is -1.08. The number of aliphatic hydroxyl groups is 1. The average Bonchev–Trinajstić information content (AvgIpc) is 1.57. The fraction of sp³-hybridized carbons (Fsp3) is 0.592. The summed E-state index contributed by atoms with van der Waals surface area (Å²) in [4.78, 5) is 88.6. The summed E-state index contributed by atoms with van der Waals surface area (Å²) in [5.41, 5.74) is 3.11. The Morgan fingerprint density at radius 3 is 1.13 bits per heavy atom. The van der Waals surface area contributed by atoms with E-state index in [-0.39, 0.29) is 56.0 Å². The van der Waals surface area contributed by atoms with Gasteiger partial charge in [-0.05, 0) is 435 Å². The highest BCUT2D eigenvalue weighted by Gasteiger charge is 2.62. The molecule has 0 radical (unpaired) electrons. The molecule has 7 aromatic rings. The number of aliphatic hydroxyl groups excluding tert-OH is 1. The molecule has 5 aliphatic rings. The number of hydrogen-bond acceptors (Lipinski definition) is 23. The lowest BCUT2D eigenvalue weighted by atomic mass is 9.67. The Hall–Kier alpha value is -10.7. The normalized spacial score (nSPS) is 21.6. The quantitative estimate of drug-likeness (QED) is 0.0140. The predicted molar refractivity (Wildman–Crippen MR) is 558 cm³/mol. The Balaban J connectivity index is 0.000000215. The molecule has 5 aliphatic carbocycles. The van der Waals surface area contributed by atoms with Gasteiger partial charge in [0.25, 0.3) is 0 Å². The third-order valence-corrected chi connectivity index (χ3v) is 29.4. The molecule has 7 aromatic carbocycles. The van der Waals surface area contributed by atoms with Crippen LogP contribution in [-0.2, 0) is 52.3 Å². The highest BCUT2D eigenvalue weighted by molar-refractivity contribution is 5.82. The highest BCUT2D eigenvalue weighted by atomic mass is 16.8. The lowest BCUT2D eigenvalue weighted by Gasteiger charge is -2.42. The number of fused-ring (bicyclic) bond motifs is 7. The maximum atomic E-state index is 14.2. The molecule has 5 fully saturated rings. The number of hydrogen-bond donors (Lipinski definition) is 3. The Morgan fingerprint density at radius 1 is 0.399 bits per heavy atom. The van der Waals surface area contributed by atoms with E-state index < -0.39 is 80.9 Å². The number of phenols is 2. The molecule has 5 saturated carbocycles. The van der Waals surface area contributed by atoms with E-state index in [1.165, 1.54) is 71.0 Å². The van der Waals surface area contributed by atoms with E-state index >= 15 is 0 Å². The summed E-state index contributed by atoms with van der Waals surface area (Å²) < 4.78 is 71.4. The van der Waals surface area contributed by atoms with E-state index in [2.05, 4.69) is 67.5 Å². The summed E-state index contributed by atoms with van der Waals surface area (Å²) in [6.45, 7) is 50.6. The van der Waals surface area contributed by atoms with Crippen LogP contribution in [0.15, 0.2) is 170 Å². The van der Waals surface area contributed by atoms with Gasteiger partial charge in [0.15, 0.2) is 6.29 Å². The van der Waals surface area contributed by atoms with Crippen LogP contribution in [0.2, 0.25) is 0 Å². The summed E-state index contributed by atoms with van der Waals surface area (Å²) in [6, 6.07) is 53.8. The van der Waals surface area contributed by atoms with Crippen molar-refractivity contribution in [3.8, 4) is 40.2 Å². The third-order valence-electron chi connectivity index (χ3n) is 29.4. The minimum Gasteiger partial charge on any atom is -0.508 e. The van der Waals surface area contributed by atoms with Crippen LogP contribution in [0.5, 0.6) is 40.2 Å². The smallest absolute Gasteiger partial charge is 0.508 e. The molecule has 143 heavy (non-hydrogen) atoms. The van der Waals surface area contributed by atoms with Crippen molar-refractivity contribution in [1.29, 1.82) is 0 Å². The highest BCUT2D eigenvalue weighted by Crippen LogP contribution is 2.64. The van der Waals surface area contributed by atoms with Crippen molar-refractivity contribution in [2.24, 2.45) is 52.3 Å². The predicted octanol–water partition coefficient (Wildman–Crippen LogP) is 30.0. The van der Waals surface area contributed by atoms with Gasteiger partial charge in [-0.1, -0.05) is 147 Å². The van der Waals surface area contributed by atoms with Crippen molar-refractivity contribution in [2.45, 2.75) is 383 Å². The van der Waals surface area contributed by atoms with Gasteiger partial charge in [0, 0.05) is 12.5 Å². The zero-order chi connectivity index (χ0) is 105. The topological polar surface area (TPSA) is 300 Å². The van der Waals surface area contributed by atoms with Gasteiger partial charge in [-0.25, -0.2) is 19.2 Å². The van der Waals surface area contributed by atoms with E-state index in [9.17, 15) is 48.9 Å². The lowest BCUT2D eigenvalue weighted by Crippen LogP contribution is -2.47. The fourth-order valence-electron chi connectivity index (χ4n) is 22.0. The molecule has 23 heteroatoms. The van der Waals surface area contributed by atoms with E-state index in [1.807, 2.05) is 172 Å². The molecule has 0 aliphatic heterocycles. The Labute approximate surface area is 852 Å². The Morgan fingerprint density at radius 2 is 0.762 bits per heavy atom. The molecule has 0 spiro atoms. The molecule has 0 amide bonds. The van der Waals surface area contributed by atoms with Crippen LogP contribution < -0.4 is 23.7 Å². The first kappa shape index (κ1) is 116. The van der Waals surface area contributed by atoms with Crippen molar-refractivity contribution in [3.05, 3.63) is 209 Å². The van der Waals surface area contributed by atoms with E-state index in [0.29, 0.717) is 107 Å². The Bertz CT molecular complexity index is 5160. The van der Waals surface area contributed by atoms with Gasteiger partial charge in [0.1, 0.15) is 80.5 Å². The molecule has 3 N–H and O–H groups in total. The molecule has 0 heterocycles. The van der Waals surface area contributed by atoms with Crippen LogP contribution >= 0.6 is 0 Å². The zero-order valence-electron chi connectivity index (χ0n) is 90.4. The van der Waals surface area contributed by atoms with Crippen LogP contribution in [0, 0.1) is 52.3 Å². The summed E-state index contributed by atoms with van der Waals surface area (Å²) in [7, 11) is 0. The van der Waals surface area contributed by atoms with Gasteiger partial charge in [-0.15, -0.1) is 0 Å². The van der Waals surface area contributed by atoms with Gasteiger partial charge < -0.3 is 76.9 Å². The molecule has 786 valence electrons. The summed E-state index contributed by atoms with van der Waals surface area (Å²) in [6.07, 6.45) is 14.9. The maximum Gasteiger partial charge on any atom is 0.514 e. The van der Waals surface area contributed by atoms with Crippen LogP contribution in [0.1, 0.15) is 382 Å². The number of benzene rings is 7. The standard InChI is InChI=1S/C35H46O6.C34H54O7.C28H38O6.C23H30O4/c1-8-26(28-14-20-33(21-15-28)40-34(37)41-35(5,6)7)23-30(29-10-16-31(36)17-11-29)22-24(3)27-12-18-32(19-13-27)39-25(4)38-9-2;1-7-31(3,29(37)39-14-13-35)20-32(4,30(38)41-33(5)18-22-11-12-24(33)15-22)17-21(2)28(36)40-34(6)19-23-16-27(34)26-10-8-9-25(23)26;1-9-20(22-12-16-24(17-13-22)32-26(30)34-28(6,7)8)18-19(2)21-10-14-23(15-11-21)31-25(29)33-27(3,4)5;1-6-17(15-16(2)18-7-11-20(24)12-8-18)19-9-13-21(14-10-19)26-22(25)27-23(3,4)5/h10-21,24-26,30,36H,8-9,22-23H2,1-7H3;21-27,35H,7-20H2,1-6H3;10-17,19-20H,9,18H2,1-8H3;7-14,16-17,24H,6,15H2,1-5H3. The van der Waals surface area contributed by atoms with Crippen molar-refractivity contribution in [2.75, 3.05) is 19.8 Å². The minimum absolute atomic E-state index is 0.0813.